The lowest BCUT2D eigenvalue weighted by atomic mass is 10.1. The molecular weight excluding hydrogens is 487 g/mol. The third-order valence-corrected chi connectivity index (χ3v) is 7.04. The van der Waals surface area contributed by atoms with Gasteiger partial charge >= 0.3 is 0 Å². The summed E-state index contributed by atoms with van der Waals surface area (Å²) in [6.45, 7) is 2.94. The van der Waals surface area contributed by atoms with E-state index in [4.69, 9.17) is 15.2 Å². The molecule has 3 aromatic rings. The van der Waals surface area contributed by atoms with Crippen molar-refractivity contribution in [2.24, 2.45) is 0 Å². The lowest BCUT2D eigenvalue weighted by Gasteiger charge is -2.16. The molecule has 2 aliphatic heterocycles. The first-order valence-corrected chi connectivity index (χ1v) is 12.6. The first-order valence-electron chi connectivity index (χ1n) is 12.6. The number of hydrogen-bond donors (Lipinski definition) is 1. The molecule has 1 amide bonds. The Kier molecular flexibility index (Phi) is 7.47. The van der Waals surface area contributed by atoms with Gasteiger partial charge in [-0.1, -0.05) is 17.9 Å². The average molecular weight is 519 g/mol. The number of rotatable bonds is 6. The summed E-state index contributed by atoms with van der Waals surface area (Å²) in [4.78, 5) is 25.3. The number of benzene rings is 1. The summed E-state index contributed by atoms with van der Waals surface area (Å²) >= 11 is 0. The molecular formula is C28H31FN6O3. The van der Waals surface area contributed by atoms with Gasteiger partial charge in [0.2, 0.25) is 5.91 Å². The molecule has 0 spiro atoms. The molecule has 2 atom stereocenters. The van der Waals surface area contributed by atoms with E-state index < -0.39 is 6.17 Å². The highest BCUT2D eigenvalue weighted by Crippen LogP contribution is 2.31. The fourth-order valence-electron chi connectivity index (χ4n) is 5.03. The van der Waals surface area contributed by atoms with Gasteiger partial charge < -0.3 is 24.7 Å². The molecule has 2 aliphatic rings. The number of carbonyl (C=O) groups is 1. The molecule has 0 aliphatic carbocycles. The second kappa shape index (κ2) is 11.1. The minimum absolute atomic E-state index is 0.0301. The maximum atomic E-state index is 13.4. The Labute approximate surface area is 221 Å². The van der Waals surface area contributed by atoms with E-state index in [2.05, 4.69) is 21.8 Å². The van der Waals surface area contributed by atoms with Gasteiger partial charge in [-0.3, -0.25) is 9.69 Å². The Morgan fingerprint density at radius 1 is 1.13 bits per heavy atom. The largest absolute Gasteiger partial charge is 0.497 e. The number of halogens is 1. The smallest absolute Gasteiger partial charge is 0.246 e. The van der Waals surface area contributed by atoms with Gasteiger partial charge in [0.25, 0.3) is 0 Å². The monoisotopic (exact) mass is 518 g/mol. The highest BCUT2D eigenvalue weighted by Gasteiger charge is 2.28. The zero-order chi connectivity index (χ0) is 26.6. The van der Waals surface area contributed by atoms with Crippen LogP contribution in [0.1, 0.15) is 30.0 Å². The second-order valence-electron chi connectivity index (χ2n) is 9.53. The van der Waals surface area contributed by atoms with Crippen molar-refractivity contribution in [1.29, 1.82) is 0 Å². The fraction of sp³-hybridized carbons (Fsp3) is 0.393. The SMILES string of the molecule is COc1cc(C#Cc2cn([C@H]3CCN(C(=O)/C=C/CN4CC[C@@H](F)C4)C3)c3ncnc(N)c23)cc(OC)c1. The zero-order valence-electron chi connectivity index (χ0n) is 21.6. The highest BCUT2D eigenvalue weighted by atomic mass is 19.1. The van der Waals surface area contributed by atoms with Crippen LogP contribution in [-0.4, -0.2) is 83.4 Å². The predicted molar refractivity (Wildman–Crippen MR) is 143 cm³/mol. The first-order chi connectivity index (χ1) is 18.4. The van der Waals surface area contributed by atoms with Crippen LogP contribution in [0, 0.1) is 11.8 Å². The van der Waals surface area contributed by atoms with E-state index in [0.29, 0.717) is 66.5 Å². The summed E-state index contributed by atoms with van der Waals surface area (Å²) in [5.74, 6) is 8.00. The van der Waals surface area contributed by atoms with E-state index in [1.54, 1.807) is 26.4 Å². The van der Waals surface area contributed by atoms with Gasteiger partial charge in [0.05, 0.1) is 31.2 Å². The van der Waals surface area contributed by atoms with Crippen LogP contribution >= 0.6 is 0 Å². The normalized spacial score (nSPS) is 19.7. The summed E-state index contributed by atoms with van der Waals surface area (Å²) < 4.78 is 26.1. The number of likely N-dealkylation sites (tertiary alicyclic amines) is 2. The second-order valence-corrected chi connectivity index (χ2v) is 9.53. The van der Waals surface area contributed by atoms with Crippen molar-refractivity contribution in [3.63, 3.8) is 0 Å². The molecule has 2 aromatic heterocycles. The summed E-state index contributed by atoms with van der Waals surface area (Å²) in [5, 5.41) is 0.691. The number of hydrogen-bond acceptors (Lipinski definition) is 7. The third kappa shape index (κ3) is 5.43. The molecule has 10 heteroatoms. The summed E-state index contributed by atoms with van der Waals surface area (Å²) in [6, 6.07) is 5.49. The standard InChI is InChI=1S/C28H31FN6O3/c1-37-23-12-19(13-24(14-23)38-2)5-6-20-15-35(28-26(20)27(30)31-18-32-28)22-8-11-34(17-22)25(36)4-3-9-33-10-7-21(29)16-33/h3-4,12-15,18,21-22H,7-11,16-17H2,1-2H3,(H2,30,31,32)/b4-3+/t21-,22+/m1/s1. The minimum Gasteiger partial charge on any atom is -0.497 e. The number of nitrogens with zero attached hydrogens (tertiary/aromatic N) is 5. The Balaban J connectivity index is 1.35. The number of nitrogens with two attached hydrogens (primary N) is 1. The molecule has 0 bridgehead atoms. The number of alkyl halides is 1. The molecule has 9 nitrogen and oxygen atoms in total. The number of fused-ring (bicyclic) bond motifs is 1. The van der Waals surface area contributed by atoms with Crippen molar-refractivity contribution in [1.82, 2.24) is 24.3 Å². The number of anilines is 1. The Morgan fingerprint density at radius 3 is 2.63 bits per heavy atom. The molecule has 38 heavy (non-hydrogen) atoms. The van der Waals surface area contributed by atoms with Crippen molar-refractivity contribution in [2.75, 3.05) is 52.7 Å². The number of nitrogen functional groups attached to an aromatic ring is 1. The van der Waals surface area contributed by atoms with Crippen molar-refractivity contribution < 1.29 is 18.7 Å². The number of methoxy groups -OCH3 is 2. The molecule has 0 radical (unpaired) electrons. The molecule has 0 unspecified atom stereocenters. The van der Waals surface area contributed by atoms with Crippen LogP contribution in [0.4, 0.5) is 10.2 Å². The number of ether oxygens (including phenoxy) is 2. The lowest BCUT2D eigenvalue weighted by molar-refractivity contribution is -0.125. The van der Waals surface area contributed by atoms with E-state index in [1.165, 1.54) is 6.33 Å². The van der Waals surface area contributed by atoms with Gasteiger partial charge in [0.1, 0.15) is 35.5 Å². The number of amides is 1. The van der Waals surface area contributed by atoms with Gasteiger partial charge in [-0.25, -0.2) is 14.4 Å². The summed E-state index contributed by atoms with van der Waals surface area (Å²) in [6.07, 6.45) is 7.39. The fourth-order valence-corrected chi connectivity index (χ4v) is 5.03. The van der Waals surface area contributed by atoms with E-state index in [9.17, 15) is 9.18 Å². The van der Waals surface area contributed by atoms with Crippen LogP contribution < -0.4 is 15.2 Å². The van der Waals surface area contributed by atoms with E-state index >= 15 is 0 Å². The number of carbonyl (C=O) groups excluding carboxylic acids is 1. The van der Waals surface area contributed by atoms with Crippen LogP contribution in [-0.2, 0) is 4.79 Å². The Morgan fingerprint density at radius 2 is 1.92 bits per heavy atom. The van der Waals surface area contributed by atoms with Crippen LogP contribution in [0.25, 0.3) is 11.0 Å². The molecule has 4 heterocycles. The summed E-state index contributed by atoms with van der Waals surface area (Å²) in [5.41, 5.74) is 8.38. The van der Waals surface area contributed by atoms with Crippen LogP contribution in [0.3, 0.4) is 0 Å². The van der Waals surface area contributed by atoms with Crippen molar-refractivity contribution in [3.05, 3.63) is 54.0 Å². The first kappa shape index (κ1) is 25.5. The molecule has 198 valence electrons. The molecule has 2 fully saturated rings. The van der Waals surface area contributed by atoms with E-state index in [-0.39, 0.29) is 11.9 Å². The molecule has 2 saturated heterocycles. The van der Waals surface area contributed by atoms with Crippen molar-refractivity contribution in [3.8, 4) is 23.3 Å². The molecule has 1 aromatic carbocycles. The summed E-state index contributed by atoms with van der Waals surface area (Å²) in [7, 11) is 3.19. The van der Waals surface area contributed by atoms with Crippen LogP contribution in [0.2, 0.25) is 0 Å². The Bertz CT molecular complexity index is 1400. The van der Waals surface area contributed by atoms with E-state index in [0.717, 1.165) is 18.5 Å². The Hall–Kier alpha value is -4.10. The quantitative estimate of drug-likeness (QED) is 0.396. The topological polar surface area (TPSA) is 98.7 Å². The predicted octanol–water partition coefficient (Wildman–Crippen LogP) is 2.80. The van der Waals surface area contributed by atoms with Crippen molar-refractivity contribution in [2.45, 2.75) is 25.1 Å². The maximum absolute atomic E-state index is 13.4. The molecule has 5 rings (SSSR count). The van der Waals surface area contributed by atoms with Crippen LogP contribution in [0.5, 0.6) is 11.5 Å². The average Bonchev–Trinajstić information content (AvgIpc) is 3.66. The number of aromatic nitrogens is 3. The van der Waals surface area contributed by atoms with Crippen molar-refractivity contribution >= 4 is 22.8 Å². The van der Waals surface area contributed by atoms with Gasteiger partial charge in [-0.05, 0) is 25.0 Å². The highest BCUT2D eigenvalue weighted by molar-refractivity contribution is 5.92. The maximum Gasteiger partial charge on any atom is 0.246 e. The van der Waals surface area contributed by atoms with Gasteiger partial charge in [0, 0.05) is 56.6 Å². The van der Waals surface area contributed by atoms with Gasteiger partial charge in [-0.15, -0.1) is 0 Å². The lowest BCUT2D eigenvalue weighted by Crippen LogP contribution is -2.28. The third-order valence-electron chi connectivity index (χ3n) is 7.04. The van der Waals surface area contributed by atoms with E-state index in [1.807, 2.05) is 38.8 Å². The molecule has 0 saturated carbocycles. The minimum atomic E-state index is -0.763. The van der Waals surface area contributed by atoms with Gasteiger partial charge in [0.15, 0.2) is 0 Å². The zero-order valence-corrected chi connectivity index (χ0v) is 21.6. The molecule has 2 N–H and O–H groups in total. The van der Waals surface area contributed by atoms with Gasteiger partial charge in [-0.2, -0.15) is 0 Å². The van der Waals surface area contributed by atoms with Crippen LogP contribution in [0.15, 0.2) is 42.9 Å².